The Balaban J connectivity index is 1.57. The number of anilines is 1. The van der Waals surface area contributed by atoms with E-state index in [9.17, 15) is 4.79 Å². The fraction of sp³-hybridized carbons (Fsp3) is 0.550. The number of carbonyl (C=O) groups is 1. The Morgan fingerprint density at radius 1 is 1.23 bits per heavy atom. The first-order chi connectivity index (χ1) is 12.7. The van der Waals surface area contributed by atoms with E-state index in [-0.39, 0.29) is 5.91 Å². The molecule has 3 rings (SSSR count). The molecule has 1 aromatic heterocycles. The van der Waals surface area contributed by atoms with Crippen LogP contribution in [0.15, 0.2) is 29.4 Å². The molecule has 1 saturated carbocycles. The molecule has 1 aromatic carbocycles. The summed E-state index contributed by atoms with van der Waals surface area (Å²) in [5, 5.41) is 12.6. The zero-order valence-corrected chi connectivity index (χ0v) is 16.5. The van der Waals surface area contributed by atoms with Gasteiger partial charge in [0, 0.05) is 18.7 Å². The second kappa shape index (κ2) is 9.21. The van der Waals surface area contributed by atoms with Crippen molar-refractivity contribution in [1.82, 2.24) is 14.8 Å². The van der Waals surface area contributed by atoms with E-state index in [1.54, 1.807) is 0 Å². The topological polar surface area (TPSA) is 59.8 Å². The second-order valence-electron chi connectivity index (χ2n) is 7.00. The van der Waals surface area contributed by atoms with Crippen LogP contribution in [-0.2, 0) is 17.8 Å². The molecular formula is C20H28N4OS. The number of nitrogens with zero attached hydrogens (tertiary/aromatic N) is 3. The van der Waals surface area contributed by atoms with Crippen molar-refractivity contribution in [2.24, 2.45) is 5.92 Å². The molecule has 1 heterocycles. The van der Waals surface area contributed by atoms with Crippen molar-refractivity contribution in [2.75, 3.05) is 11.1 Å². The minimum atomic E-state index is -0.0104. The van der Waals surface area contributed by atoms with E-state index in [0.717, 1.165) is 41.1 Å². The third-order valence-electron chi connectivity index (χ3n) is 5.06. The van der Waals surface area contributed by atoms with Gasteiger partial charge < -0.3 is 9.88 Å². The highest BCUT2D eigenvalue weighted by molar-refractivity contribution is 7.99. The van der Waals surface area contributed by atoms with Crippen molar-refractivity contribution in [3.05, 3.63) is 35.7 Å². The maximum Gasteiger partial charge on any atom is 0.234 e. The van der Waals surface area contributed by atoms with E-state index in [1.165, 1.54) is 43.9 Å². The summed E-state index contributed by atoms with van der Waals surface area (Å²) in [6.07, 6.45) is 7.66. The summed E-state index contributed by atoms with van der Waals surface area (Å²) in [5.41, 5.74) is 1.94. The van der Waals surface area contributed by atoms with E-state index in [2.05, 4.69) is 27.0 Å². The van der Waals surface area contributed by atoms with Crippen LogP contribution in [0.2, 0.25) is 0 Å². The lowest BCUT2D eigenvalue weighted by Gasteiger charge is -2.21. The largest absolute Gasteiger partial charge is 0.325 e. The molecular weight excluding hydrogens is 344 g/mol. The fourth-order valence-corrected chi connectivity index (χ4v) is 4.39. The molecule has 6 heteroatoms. The number of nitrogens with one attached hydrogen (secondary N) is 1. The molecule has 1 fully saturated rings. The van der Waals surface area contributed by atoms with Gasteiger partial charge in [-0.3, -0.25) is 4.79 Å². The first-order valence-corrected chi connectivity index (χ1v) is 10.6. The van der Waals surface area contributed by atoms with Crippen LogP contribution >= 0.6 is 11.8 Å². The maximum absolute atomic E-state index is 12.3. The zero-order valence-electron chi connectivity index (χ0n) is 15.7. The van der Waals surface area contributed by atoms with Crippen molar-refractivity contribution < 1.29 is 4.79 Å². The van der Waals surface area contributed by atoms with Gasteiger partial charge >= 0.3 is 0 Å². The molecule has 0 unspecified atom stereocenters. The standard InChI is InChI=1S/C20H28N4OS/c1-3-24-18(13-16-10-5-4-6-11-16)22-23-20(24)26-14-19(25)21-17-12-8-7-9-15(17)2/h7-9,12,16H,3-6,10-11,13-14H2,1-2H3,(H,21,25). The minimum Gasteiger partial charge on any atom is -0.325 e. The maximum atomic E-state index is 12.3. The first-order valence-electron chi connectivity index (χ1n) is 9.57. The number of benzene rings is 1. The summed E-state index contributed by atoms with van der Waals surface area (Å²) >= 11 is 1.47. The quantitative estimate of drug-likeness (QED) is 0.729. The summed E-state index contributed by atoms with van der Waals surface area (Å²) in [6.45, 7) is 4.95. The number of amides is 1. The summed E-state index contributed by atoms with van der Waals surface area (Å²) in [7, 11) is 0. The van der Waals surface area contributed by atoms with E-state index in [1.807, 2.05) is 31.2 Å². The van der Waals surface area contributed by atoms with Crippen molar-refractivity contribution >= 4 is 23.4 Å². The molecule has 1 aliphatic rings. The monoisotopic (exact) mass is 372 g/mol. The van der Waals surface area contributed by atoms with Gasteiger partial charge in [0.2, 0.25) is 5.91 Å². The van der Waals surface area contributed by atoms with Gasteiger partial charge in [0.05, 0.1) is 5.75 Å². The summed E-state index contributed by atoms with van der Waals surface area (Å²) < 4.78 is 2.17. The summed E-state index contributed by atoms with van der Waals surface area (Å²) in [5.74, 6) is 2.14. The van der Waals surface area contributed by atoms with Crippen LogP contribution in [0, 0.1) is 12.8 Å². The third kappa shape index (κ3) is 4.87. The van der Waals surface area contributed by atoms with E-state index >= 15 is 0 Å². The smallest absolute Gasteiger partial charge is 0.234 e. The number of carbonyl (C=O) groups excluding carboxylic acids is 1. The highest BCUT2D eigenvalue weighted by Gasteiger charge is 2.19. The van der Waals surface area contributed by atoms with Crippen molar-refractivity contribution in [3.8, 4) is 0 Å². The lowest BCUT2D eigenvalue weighted by Crippen LogP contribution is -2.16. The predicted octanol–water partition coefficient (Wildman–Crippen LogP) is 4.46. The average molecular weight is 373 g/mol. The molecule has 2 aromatic rings. The Bertz CT molecular complexity index is 737. The van der Waals surface area contributed by atoms with Gasteiger partial charge in [-0.2, -0.15) is 0 Å². The highest BCUT2D eigenvalue weighted by Crippen LogP contribution is 2.27. The van der Waals surface area contributed by atoms with Gasteiger partial charge in [-0.05, 0) is 31.4 Å². The number of thioether (sulfide) groups is 1. The average Bonchev–Trinajstić information content (AvgIpc) is 3.04. The van der Waals surface area contributed by atoms with Crippen LogP contribution in [-0.4, -0.2) is 26.4 Å². The molecule has 0 radical (unpaired) electrons. The van der Waals surface area contributed by atoms with Gasteiger partial charge in [-0.25, -0.2) is 0 Å². The van der Waals surface area contributed by atoms with Gasteiger partial charge in [0.25, 0.3) is 0 Å². The van der Waals surface area contributed by atoms with E-state index in [0.29, 0.717) is 5.75 Å². The molecule has 140 valence electrons. The van der Waals surface area contributed by atoms with Gasteiger partial charge in [-0.15, -0.1) is 10.2 Å². The molecule has 26 heavy (non-hydrogen) atoms. The molecule has 0 aliphatic heterocycles. The number of hydrogen-bond acceptors (Lipinski definition) is 4. The Labute approximate surface area is 160 Å². The minimum absolute atomic E-state index is 0.0104. The van der Waals surface area contributed by atoms with Crippen molar-refractivity contribution in [2.45, 2.75) is 64.1 Å². The summed E-state index contributed by atoms with van der Waals surface area (Å²) in [4.78, 5) is 12.3. The second-order valence-corrected chi connectivity index (χ2v) is 7.95. The molecule has 0 bridgehead atoms. The first kappa shape index (κ1) is 19.0. The fourth-order valence-electron chi connectivity index (χ4n) is 3.57. The number of para-hydroxylation sites is 1. The van der Waals surface area contributed by atoms with Gasteiger partial charge in [0.1, 0.15) is 5.82 Å². The SMILES string of the molecule is CCn1c(CC2CCCCC2)nnc1SCC(=O)Nc1ccccc1C. The molecule has 1 N–H and O–H groups in total. The third-order valence-corrected chi connectivity index (χ3v) is 6.02. The van der Waals surface area contributed by atoms with E-state index < -0.39 is 0 Å². The predicted molar refractivity (Wildman–Crippen MR) is 107 cm³/mol. The zero-order chi connectivity index (χ0) is 18.4. The Hall–Kier alpha value is -1.82. The van der Waals surface area contributed by atoms with Gasteiger partial charge in [0.15, 0.2) is 5.16 Å². The normalized spacial score (nSPS) is 15.2. The number of aromatic nitrogens is 3. The van der Waals surface area contributed by atoms with Crippen molar-refractivity contribution in [1.29, 1.82) is 0 Å². The van der Waals surface area contributed by atoms with Crippen LogP contribution in [0.4, 0.5) is 5.69 Å². The van der Waals surface area contributed by atoms with Crippen molar-refractivity contribution in [3.63, 3.8) is 0 Å². The van der Waals surface area contributed by atoms with Crippen LogP contribution in [0.3, 0.4) is 0 Å². The number of rotatable bonds is 7. The Morgan fingerprint density at radius 2 is 2.00 bits per heavy atom. The molecule has 0 atom stereocenters. The van der Waals surface area contributed by atoms with Crippen LogP contribution in [0.25, 0.3) is 0 Å². The lowest BCUT2D eigenvalue weighted by molar-refractivity contribution is -0.113. The van der Waals surface area contributed by atoms with E-state index in [4.69, 9.17) is 0 Å². The molecule has 0 saturated heterocycles. The van der Waals surface area contributed by atoms with Gasteiger partial charge in [-0.1, -0.05) is 62.1 Å². The van der Waals surface area contributed by atoms with Crippen LogP contribution < -0.4 is 5.32 Å². The highest BCUT2D eigenvalue weighted by atomic mass is 32.2. The number of hydrogen-bond donors (Lipinski definition) is 1. The Kier molecular flexibility index (Phi) is 6.72. The molecule has 0 spiro atoms. The Morgan fingerprint density at radius 3 is 2.73 bits per heavy atom. The molecule has 1 amide bonds. The number of aryl methyl sites for hydroxylation is 1. The lowest BCUT2D eigenvalue weighted by atomic mass is 9.87. The van der Waals surface area contributed by atoms with Crippen LogP contribution in [0.5, 0.6) is 0 Å². The van der Waals surface area contributed by atoms with Crippen LogP contribution in [0.1, 0.15) is 50.4 Å². The molecule has 5 nitrogen and oxygen atoms in total. The molecule has 1 aliphatic carbocycles. The summed E-state index contributed by atoms with van der Waals surface area (Å²) in [6, 6.07) is 7.82.